The minimum Gasteiger partial charge on any atom is -0.397 e. The van der Waals surface area contributed by atoms with Crippen LogP contribution in [0.15, 0.2) is 27.7 Å². The van der Waals surface area contributed by atoms with Crippen LogP contribution in [0.5, 0.6) is 0 Å². The smallest absolute Gasteiger partial charge is 0.0979 e. The van der Waals surface area contributed by atoms with Crippen molar-refractivity contribution < 1.29 is 0 Å². The van der Waals surface area contributed by atoms with E-state index in [4.69, 9.17) is 5.73 Å². The minimum absolute atomic E-state index is 0.602. The first-order valence-electron chi connectivity index (χ1n) is 2.87. The second-order valence-corrected chi connectivity index (χ2v) is 3.00. The van der Waals surface area contributed by atoms with Crippen molar-refractivity contribution in [2.45, 2.75) is 0 Å². The third kappa shape index (κ3) is 2.12. The van der Waals surface area contributed by atoms with Crippen molar-refractivity contribution in [3.63, 3.8) is 0 Å². The highest BCUT2D eigenvalue weighted by atomic mass is 79.9. The predicted octanol–water partition coefficient (Wildman–Crippen LogP) is 2.77. The highest BCUT2D eigenvalue weighted by Gasteiger charge is 1.95. The van der Waals surface area contributed by atoms with E-state index in [1.54, 1.807) is 12.1 Å². The van der Waals surface area contributed by atoms with Crippen LogP contribution in [0.3, 0.4) is 0 Å². The van der Waals surface area contributed by atoms with Crippen molar-refractivity contribution in [2.24, 2.45) is 4.99 Å². The molecule has 0 unspecified atom stereocenters. The van der Waals surface area contributed by atoms with Gasteiger partial charge in [-0.1, -0.05) is 15.9 Å². The Kier molecular flexibility index (Phi) is 2.76. The lowest BCUT2D eigenvalue weighted by Gasteiger charge is -1.97. The molecule has 11 heavy (non-hydrogen) atoms. The first-order chi connectivity index (χ1) is 5.24. The second kappa shape index (κ2) is 3.62. The molecule has 2 N–H and O–H groups in total. The van der Waals surface area contributed by atoms with Crippen LogP contribution in [0.2, 0.25) is 0 Å². The molecule has 0 saturated heterocycles. The Hall–Kier alpha value is -0.700. The van der Waals surface area contributed by atoms with E-state index in [0.29, 0.717) is 11.4 Å². The average Bonchev–Trinajstić information content (AvgIpc) is 1.98. The number of halogens is 1. The SMILES string of the molecule is Nc1ccc(Br)cc1N=C=S. The number of benzene rings is 1. The molecular formula is C7H5BrN2S. The molecule has 0 spiro atoms. The molecule has 0 aliphatic rings. The van der Waals surface area contributed by atoms with Crippen molar-refractivity contribution in [3.8, 4) is 0 Å². The summed E-state index contributed by atoms with van der Waals surface area (Å²) in [5.74, 6) is 0. The highest BCUT2D eigenvalue weighted by Crippen LogP contribution is 2.25. The molecule has 1 rings (SSSR count). The quantitative estimate of drug-likeness (QED) is 0.456. The van der Waals surface area contributed by atoms with Gasteiger partial charge in [0, 0.05) is 4.47 Å². The first kappa shape index (κ1) is 8.40. The molecule has 56 valence electrons. The fraction of sp³-hybridized carbons (Fsp3) is 0. The molecule has 0 aliphatic heterocycles. The van der Waals surface area contributed by atoms with Crippen LogP contribution in [0.4, 0.5) is 11.4 Å². The van der Waals surface area contributed by atoms with E-state index in [1.165, 1.54) is 0 Å². The monoisotopic (exact) mass is 228 g/mol. The predicted molar refractivity (Wildman–Crippen MR) is 53.2 cm³/mol. The number of aliphatic imine (C=N–C) groups is 1. The summed E-state index contributed by atoms with van der Waals surface area (Å²) in [5.41, 5.74) is 6.82. The van der Waals surface area contributed by atoms with Gasteiger partial charge in [-0.05, 0) is 30.4 Å². The molecule has 0 radical (unpaired) electrons. The van der Waals surface area contributed by atoms with Crippen LogP contribution in [-0.2, 0) is 0 Å². The number of hydrogen-bond acceptors (Lipinski definition) is 3. The van der Waals surface area contributed by atoms with Crippen LogP contribution < -0.4 is 5.73 Å². The Morgan fingerprint density at radius 2 is 2.27 bits per heavy atom. The van der Waals surface area contributed by atoms with Crippen LogP contribution >= 0.6 is 28.1 Å². The summed E-state index contributed by atoms with van der Waals surface area (Å²) in [5, 5.41) is 2.26. The van der Waals surface area contributed by atoms with Crippen molar-refractivity contribution in [3.05, 3.63) is 22.7 Å². The summed E-state index contributed by atoms with van der Waals surface area (Å²) < 4.78 is 0.927. The van der Waals surface area contributed by atoms with Gasteiger partial charge >= 0.3 is 0 Å². The van der Waals surface area contributed by atoms with Gasteiger partial charge in [-0.3, -0.25) is 0 Å². The fourth-order valence-electron chi connectivity index (χ4n) is 0.663. The van der Waals surface area contributed by atoms with Gasteiger partial charge in [0.25, 0.3) is 0 Å². The van der Waals surface area contributed by atoms with Crippen molar-refractivity contribution in [2.75, 3.05) is 5.73 Å². The Morgan fingerprint density at radius 3 is 2.91 bits per heavy atom. The molecule has 1 aromatic carbocycles. The van der Waals surface area contributed by atoms with Crippen LogP contribution in [0.1, 0.15) is 0 Å². The maximum Gasteiger partial charge on any atom is 0.0979 e. The molecule has 0 aromatic heterocycles. The zero-order valence-electron chi connectivity index (χ0n) is 5.54. The number of rotatable bonds is 1. The average molecular weight is 229 g/mol. The lowest BCUT2D eigenvalue weighted by Crippen LogP contribution is -1.83. The number of hydrogen-bond donors (Lipinski definition) is 1. The molecule has 0 amide bonds. The van der Waals surface area contributed by atoms with Crippen LogP contribution in [-0.4, -0.2) is 5.16 Å². The lowest BCUT2D eigenvalue weighted by atomic mass is 10.3. The molecule has 0 fully saturated rings. The molecule has 0 bridgehead atoms. The van der Waals surface area contributed by atoms with Crippen LogP contribution in [0, 0.1) is 0 Å². The second-order valence-electron chi connectivity index (χ2n) is 1.91. The largest absolute Gasteiger partial charge is 0.397 e. The van der Waals surface area contributed by atoms with Crippen molar-refractivity contribution in [1.29, 1.82) is 0 Å². The topological polar surface area (TPSA) is 38.4 Å². The first-order valence-corrected chi connectivity index (χ1v) is 4.07. The van der Waals surface area contributed by atoms with E-state index in [-0.39, 0.29) is 0 Å². The number of nitrogens with zero attached hydrogens (tertiary/aromatic N) is 1. The lowest BCUT2D eigenvalue weighted by molar-refractivity contribution is 1.52. The molecule has 2 nitrogen and oxygen atoms in total. The summed E-state index contributed by atoms with van der Waals surface area (Å²) >= 11 is 7.74. The van der Waals surface area contributed by atoms with E-state index in [9.17, 15) is 0 Å². The Labute approximate surface area is 78.3 Å². The molecule has 4 heteroatoms. The third-order valence-electron chi connectivity index (χ3n) is 1.16. The molecule has 0 heterocycles. The normalized spacial score (nSPS) is 8.82. The van der Waals surface area contributed by atoms with Crippen molar-refractivity contribution >= 4 is 44.7 Å². The fourth-order valence-corrected chi connectivity index (χ4v) is 1.11. The number of nitrogens with two attached hydrogens (primary N) is 1. The van der Waals surface area contributed by atoms with E-state index < -0.39 is 0 Å². The summed E-state index contributed by atoms with van der Waals surface area (Å²) in [4.78, 5) is 3.78. The number of isothiocyanates is 1. The number of thiocarbonyl (C=S) groups is 1. The van der Waals surface area contributed by atoms with Gasteiger partial charge < -0.3 is 5.73 Å². The van der Waals surface area contributed by atoms with E-state index in [2.05, 4.69) is 38.3 Å². The molecule has 0 atom stereocenters. The Balaban J connectivity index is 3.22. The van der Waals surface area contributed by atoms with E-state index in [1.807, 2.05) is 6.07 Å². The summed E-state index contributed by atoms with van der Waals surface area (Å²) in [7, 11) is 0. The zero-order valence-corrected chi connectivity index (χ0v) is 7.95. The maximum absolute atomic E-state index is 5.57. The van der Waals surface area contributed by atoms with Gasteiger partial charge in [0.2, 0.25) is 0 Å². The molecule has 0 saturated carbocycles. The minimum atomic E-state index is 0.602. The van der Waals surface area contributed by atoms with Crippen molar-refractivity contribution in [1.82, 2.24) is 0 Å². The maximum atomic E-state index is 5.57. The van der Waals surface area contributed by atoms with Crippen LogP contribution in [0.25, 0.3) is 0 Å². The zero-order chi connectivity index (χ0) is 8.27. The molecule has 1 aromatic rings. The van der Waals surface area contributed by atoms with Gasteiger partial charge in [-0.15, -0.1) is 0 Å². The van der Waals surface area contributed by atoms with Gasteiger partial charge in [-0.25, -0.2) is 0 Å². The summed E-state index contributed by atoms with van der Waals surface area (Å²) in [6.45, 7) is 0. The number of anilines is 1. The van der Waals surface area contributed by atoms with Gasteiger partial charge in [0.05, 0.1) is 16.5 Å². The van der Waals surface area contributed by atoms with Gasteiger partial charge in [0.1, 0.15) is 0 Å². The van der Waals surface area contributed by atoms with E-state index >= 15 is 0 Å². The highest BCUT2D eigenvalue weighted by molar-refractivity contribution is 9.10. The summed E-state index contributed by atoms with van der Waals surface area (Å²) in [6, 6.07) is 5.39. The van der Waals surface area contributed by atoms with Gasteiger partial charge in [0.15, 0.2) is 0 Å². The van der Waals surface area contributed by atoms with E-state index in [0.717, 1.165) is 4.47 Å². The van der Waals surface area contributed by atoms with Gasteiger partial charge in [-0.2, -0.15) is 4.99 Å². The molecule has 0 aliphatic carbocycles. The standard InChI is InChI=1S/C7H5BrN2S/c8-5-1-2-6(9)7(3-5)10-4-11/h1-3H,9H2. The Bertz CT molecular complexity index is 318. The molecular weight excluding hydrogens is 224 g/mol. The third-order valence-corrected chi connectivity index (χ3v) is 1.74. The summed E-state index contributed by atoms with van der Waals surface area (Å²) in [6.07, 6.45) is 0. The number of nitrogen functional groups attached to an aromatic ring is 1. The Morgan fingerprint density at radius 1 is 1.55 bits per heavy atom.